The fraction of sp³-hybridized carbons (Fsp3) is 0.250. The molecule has 22 heavy (non-hydrogen) atoms. The van der Waals surface area contributed by atoms with E-state index in [4.69, 9.17) is 10.5 Å². The molecular weight excluding hydrogens is 298 g/mol. The Morgan fingerprint density at radius 1 is 1.23 bits per heavy atom. The maximum absolute atomic E-state index is 11.7. The van der Waals surface area contributed by atoms with E-state index in [0.29, 0.717) is 11.5 Å². The SMILES string of the molecule is CC(C)(C)OC(=O)Nc1ccc(N=C(N)c2cccs2)cc1. The normalized spacial score (nSPS) is 12.0. The van der Waals surface area contributed by atoms with Gasteiger partial charge in [0.25, 0.3) is 0 Å². The average molecular weight is 317 g/mol. The first-order valence-electron chi connectivity index (χ1n) is 6.81. The molecular formula is C16H19N3O2S. The van der Waals surface area contributed by atoms with Crippen LogP contribution in [0.5, 0.6) is 0 Å². The lowest BCUT2D eigenvalue weighted by molar-refractivity contribution is 0.0636. The van der Waals surface area contributed by atoms with E-state index in [0.717, 1.165) is 10.6 Å². The molecule has 0 unspecified atom stereocenters. The topological polar surface area (TPSA) is 76.7 Å². The largest absolute Gasteiger partial charge is 0.444 e. The molecule has 0 saturated heterocycles. The van der Waals surface area contributed by atoms with E-state index in [2.05, 4.69) is 10.3 Å². The molecule has 0 aliphatic heterocycles. The lowest BCUT2D eigenvalue weighted by Crippen LogP contribution is -2.27. The molecule has 5 nitrogen and oxygen atoms in total. The van der Waals surface area contributed by atoms with Crippen LogP contribution >= 0.6 is 11.3 Å². The highest BCUT2D eigenvalue weighted by atomic mass is 32.1. The lowest BCUT2D eigenvalue weighted by atomic mass is 10.2. The van der Waals surface area contributed by atoms with Crippen LogP contribution < -0.4 is 11.1 Å². The van der Waals surface area contributed by atoms with Crippen molar-refractivity contribution in [2.24, 2.45) is 10.7 Å². The minimum absolute atomic E-state index is 0.475. The molecule has 0 aliphatic carbocycles. The number of aliphatic imine (C=N–C) groups is 1. The molecule has 0 atom stereocenters. The Morgan fingerprint density at radius 3 is 2.45 bits per heavy atom. The number of hydrogen-bond acceptors (Lipinski definition) is 4. The molecule has 1 amide bonds. The van der Waals surface area contributed by atoms with E-state index in [-0.39, 0.29) is 0 Å². The highest BCUT2D eigenvalue weighted by molar-refractivity contribution is 7.12. The molecule has 0 fully saturated rings. The van der Waals surface area contributed by atoms with Crippen LogP contribution in [0, 0.1) is 0 Å². The van der Waals surface area contributed by atoms with Crippen LogP contribution in [0.2, 0.25) is 0 Å². The number of amidine groups is 1. The van der Waals surface area contributed by atoms with Gasteiger partial charge < -0.3 is 10.5 Å². The Kier molecular flexibility index (Phi) is 4.82. The third-order valence-corrected chi connectivity index (χ3v) is 3.43. The second-order valence-electron chi connectivity index (χ2n) is 5.65. The van der Waals surface area contributed by atoms with Crippen molar-refractivity contribution in [2.75, 3.05) is 5.32 Å². The minimum Gasteiger partial charge on any atom is -0.444 e. The predicted molar refractivity (Wildman–Crippen MR) is 91.0 cm³/mol. The monoisotopic (exact) mass is 317 g/mol. The molecule has 0 aliphatic rings. The Balaban J connectivity index is 2.02. The second-order valence-corrected chi connectivity index (χ2v) is 6.60. The van der Waals surface area contributed by atoms with Gasteiger partial charge >= 0.3 is 6.09 Å². The number of amides is 1. The van der Waals surface area contributed by atoms with Gasteiger partial charge in [-0.3, -0.25) is 5.32 Å². The van der Waals surface area contributed by atoms with Crippen LogP contribution in [0.25, 0.3) is 0 Å². The average Bonchev–Trinajstić information content (AvgIpc) is 2.92. The third-order valence-electron chi connectivity index (χ3n) is 2.54. The molecule has 1 aromatic heterocycles. The van der Waals surface area contributed by atoms with Crippen molar-refractivity contribution in [3.8, 4) is 0 Å². The summed E-state index contributed by atoms with van der Waals surface area (Å²) in [5.74, 6) is 0.475. The van der Waals surface area contributed by atoms with Gasteiger partial charge in [-0.25, -0.2) is 9.79 Å². The van der Waals surface area contributed by atoms with Crippen molar-refractivity contribution in [2.45, 2.75) is 26.4 Å². The maximum Gasteiger partial charge on any atom is 0.412 e. The number of ether oxygens (including phenoxy) is 1. The summed E-state index contributed by atoms with van der Waals surface area (Å²) in [7, 11) is 0. The molecule has 0 spiro atoms. The molecule has 2 rings (SSSR count). The summed E-state index contributed by atoms with van der Waals surface area (Å²) in [6, 6.07) is 10.9. The zero-order valence-electron chi connectivity index (χ0n) is 12.8. The first-order chi connectivity index (χ1) is 10.3. The number of nitrogens with one attached hydrogen (secondary N) is 1. The Hall–Kier alpha value is -2.34. The van der Waals surface area contributed by atoms with Crippen molar-refractivity contribution in [1.82, 2.24) is 0 Å². The van der Waals surface area contributed by atoms with E-state index in [1.807, 2.05) is 38.3 Å². The fourth-order valence-corrected chi connectivity index (χ4v) is 2.29. The van der Waals surface area contributed by atoms with Crippen molar-refractivity contribution in [3.05, 3.63) is 46.7 Å². The number of carbonyl (C=O) groups excluding carboxylic acids is 1. The van der Waals surface area contributed by atoms with Crippen molar-refractivity contribution >= 4 is 34.6 Å². The molecule has 0 bridgehead atoms. The van der Waals surface area contributed by atoms with Crippen LogP contribution in [-0.2, 0) is 4.74 Å². The van der Waals surface area contributed by atoms with Crippen LogP contribution in [0.1, 0.15) is 25.6 Å². The molecule has 1 heterocycles. The van der Waals surface area contributed by atoms with Crippen molar-refractivity contribution < 1.29 is 9.53 Å². The first kappa shape index (κ1) is 16.0. The maximum atomic E-state index is 11.7. The first-order valence-corrected chi connectivity index (χ1v) is 7.69. The van der Waals surface area contributed by atoms with E-state index in [9.17, 15) is 4.79 Å². The highest BCUT2D eigenvalue weighted by Crippen LogP contribution is 2.19. The van der Waals surface area contributed by atoms with Crippen LogP contribution in [0.15, 0.2) is 46.8 Å². The number of anilines is 1. The molecule has 1 aromatic carbocycles. The van der Waals surface area contributed by atoms with E-state index in [1.165, 1.54) is 11.3 Å². The van der Waals surface area contributed by atoms with Gasteiger partial charge in [0.1, 0.15) is 11.4 Å². The van der Waals surface area contributed by atoms with Gasteiger partial charge in [-0.2, -0.15) is 0 Å². The van der Waals surface area contributed by atoms with Crippen molar-refractivity contribution in [1.29, 1.82) is 0 Å². The lowest BCUT2D eigenvalue weighted by Gasteiger charge is -2.19. The van der Waals surface area contributed by atoms with Gasteiger partial charge in [0.05, 0.1) is 10.6 Å². The van der Waals surface area contributed by atoms with Crippen molar-refractivity contribution in [3.63, 3.8) is 0 Å². The van der Waals surface area contributed by atoms with E-state index in [1.54, 1.807) is 24.3 Å². The highest BCUT2D eigenvalue weighted by Gasteiger charge is 2.16. The van der Waals surface area contributed by atoms with E-state index < -0.39 is 11.7 Å². The number of benzene rings is 1. The zero-order chi connectivity index (χ0) is 16.2. The van der Waals surface area contributed by atoms with Gasteiger partial charge in [0.15, 0.2) is 0 Å². The van der Waals surface area contributed by atoms with Gasteiger partial charge in [0, 0.05) is 5.69 Å². The molecule has 116 valence electrons. The third kappa shape index (κ3) is 4.89. The summed E-state index contributed by atoms with van der Waals surface area (Å²) in [6.45, 7) is 5.45. The Labute approximate surface area is 133 Å². The minimum atomic E-state index is -0.524. The summed E-state index contributed by atoms with van der Waals surface area (Å²) >= 11 is 1.54. The molecule has 6 heteroatoms. The van der Waals surface area contributed by atoms with Crippen LogP contribution in [0.3, 0.4) is 0 Å². The Morgan fingerprint density at radius 2 is 1.91 bits per heavy atom. The zero-order valence-corrected chi connectivity index (χ0v) is 13.6. The number of nitrogens with zero attached hydrogens (tertiary/aromatic N) is 1. The van der Waals surface area contributed by atoms with E-state index >= 15 is 0 Å². The van der Waals surface area contributed by atoms with Gasteiger partial charge in [-0.15, -0.1) is 11.3 Å². The summed E-state index contributed by atoms with van der Waals surface area (Å²) in [6.07, 6.45) is -0.484. The van der Waals surface area contributed by atoms with Gasteiger partial charge in [-0.05, 0) is 56.5 Å². The predicted octanol–water partition coefficient (Wildman–Crippen LogP) is 4.13. The summed E-state index contributed by atoms with van der Waals surface area (Å²) in [5, 5.41) is 4.62. The fourth-order valence-electron chi connectivity index (χ4n) is 1.66. The summed E-state index contributed by atoms with van der Waals surface area (Å²) in [4.78, 5) is 16.9. The smallest absolute Gasteiger partial charge is 0.412 e. The van der Waals surface area contributed by atoms with Gasteiger partial charge in [-0.1, -0.05) is 6.07 Å². The Bertz CT molecular complexity index is 656. The molecule has 3 N–H and O–H groups in total. The number of thiophene rings is 1. The quantitative estimate of drug-likeness (QED) is 0.660. The molecule has 0 saturated carbocycles. The number of carbonyl (C=O) groups is 1. The standard InChI is InChI=1S/C16H19N3O2S/c1-16(2,3)21-15(20)19-12-8-6-11(7-9-12)18-14(17)13-5-4-10-22-13/h4-10H,1-3H3,(H2,17,18)(H,19,20). The number of hydrogen-bond donors (Lipinski definition) is 2. The van der Waals surface area contributed by atoms with Crippen LogP contribution in [0.4, 0.5) is 16.2 Å². The van der Waals surface area contributed by atoms with Crippen LogP contribution in [-0.4, -0.2) is 17.5 Å². The number of nitrogens with two attached hydrogens (primary N) is 1. The number of rotatable bonds is 3. The van der Waals surface area contributed by atoms with Gasteiger partial charge in [0.2, 0.25) is 0 Å². The molecule has 0 radical (unpaired) electrons. The summed E-state index contributed by atoms with van der Waals surface area (Å²) in [5.41, 5.74) is 6.77. The second kappa shape index (κ2) is 6.62. The molecule has 2 aromatic rings. The summed E-state index contributed by atoms with van der Waals surface area (Å²) < 4.78 is 5.19.